The topological polar surface area (TPSA) is 57.5 Å². The number of benzene rings is 1. The summed E-state index contributed by atoms with van der Waals surface area (Å²) >= 11 is 0. The minimum Gasteiger partial charge on any atom is -0.508 e. The molecule has 0 spiro atoms. The lowest BCUT2D eigenvalue weighted by molar-refractivity contribution is 0.112. The molecule has 1 atom stereocenters. The third-order valence-electron chi connectivity index (χ3n) is 2.45. The molecule has 14 heavy (non-hydrogen) atoms. The van der Waals surface area contributed by atoms with Gasteiger partial charge in [0.15, 0.2) is 6.29 Å². The molecule has 3 nitrogen and oxygen atoms in total. The zero-order chi connectivity index (χ0) is 10.7. The van der Waals surface area contributed by atoms with Crippen LogP contribution in [0.1, 0.15) is 42.1 Å². The first-order chi connectivity index (χ1) is 6.60. The molecule has 76 valence electrons. The van der Waals surface area contributed by atoms with E-state index >= 15 is 0 Å². The van der Waals surface area contributed by atoms with Crippen LogP contribution in [0.15, 0.2) is 12.1 Å². The summed E-state index contributed by atoms with van der Waals surface area (Å²) in [5.74, 6) is 0.0429. The highest BCUT2D eigenvalue weighted by atomic mass is 16.3. The van der Waals surface area contributed by atoms with Crippen molar-refractivity contribution in [1.82, 2.24) is 0 Å². The predicted molar refractivity (Wildman–Crippen MR) is 53.9 cm³/mol. The van der Waals surface area contributed by atoms with Gasteiger partial charge in [0.05, 0.1) is 5.56 Å². The molecule has 0 aliphatic carbocycles. The maximum Gasteiger partial charge on any atom is 0.153 e. The fraction of sp³-hybridized carbons (Fsp3) is 0.364. The highest BCUT2D eigenvalue weighted by Crippen LogP contribution is 2.32. The number of aromatic hydroxyl groups is 2. The van der Waals surface area contributed by atoms with Crippen LogP contribution in [0, 0.1) is 0 Å². The minimum absolute atomic E-state index is 0.0439. The van der Waals surface area contributed by atoms with Gasteiger partial charge < -0.3 is 10.2 Å². The molecule has 2 N–H and O–H groups in total. The lowest BCUT2D eigenvalue weighted by Gasteiger charge is -2.12. The molecule has 1 unspecified atom stereocenters. The van der Waals surface area contributed by atoms with Crippen LogP contribution in [0.3, 0.4) is 0 Å². The van der Waals surface area contributed by atoms with Gasteiger partial charge in [0.1, 0.15) is 11.5 Å². The average molecular weight is 194 g/mol. The van der Waals surface area contributed by atoms with Crippen LogP contribution in [-0.2, 0) is 0 Å². The van der Waals surface area contributed by atoms with Crippen molar-refractivity contribution >= 4 is 6.29 Å². The van der Waals surface area contributed by atoms with Crippen molar-refractivity contribution in [2.24, 2.45) is 0 Å². The van der Waals surface area contributed by atoms with Gasteiger partial charge in [0, 0.05) is 6.07 Å². The number of aldehydes is 1. The Morgan fingerprint density at radius 2 is 2.00 bits per heavy atom. The zero-order valence-corrected chi connectivity index (χ0v) is 8.32. The van der Waals surface area contributed by atoms with Gasteiger partial charge in [-0.3, -0.25) is 4.79 Å². The standard InChI is InChI=1S/C11H14O3/c1-3-7(2)9-4-8(6-12)10(13)5-11(9)14/h4-7,13-14H,3H2,1-2H3. The monoisotopic (exact) mass is 194 g/mol. The van der Waals surface area contributed by atoms with Gasteiger partial charge in [0.25, 0.3) is 0 Å². The number of carbonyl (C=O) groups is 1. The molecule has 0 amide bonds. The second-order valence-electron chi connectivity index (χ2n) is 3.40. The van der Waals surface area contributed by atoms with Gasteiger partial charge in [-0.15, -0.1) is 0 Å². The van der Waals surface area contributed by atoms with Gasteiger partial charge in [-0.1, -0.05) is 13.8 Å². The molecule has 0 heterocycles. The molecule has 3 heteroatoms. The van der Waals surface area contributed by atoms with Crippen LogP contribution in [0.25, 0.3) is 0 Å². The molecular weight excluding hydrogens is 180 g/mol. The van der Waals surface area contributed by atoms with Crippen LogP contribution in [0.2, 0.25) is 0 Å². The highest BCUT2D eigenvalue weighted by molar-refractivity contribution is 5.80. The third-order valence-corrected chi connectivity index (χ3v) is 2.45. The summed E-state index contributed by atoms with van der Waals surface area (Å²) in [6.45, 7) is 3.96. The van der Waals surface area contributed by atoms with Gasteiger partial charge in [0.2, 0.25) is 0 Å². The second-order valence-corrected chi connectivity index (χ2v) is 3.40. The predicted octanol–water partition coefficient (Wildman–Crippen LogP) is 2.42. The normalized spacial score (nSPS) is 12.4. The first-order valence-corrected chi connectivity index (χ1v) is 4.61. The van der Waals surface area contributed by atoms with E-state index in [0.717, 1.165) is 6.42 Å². The minimum atomic E-state index is -0.176. The van der Waals surface area contributed by atoms with Crippen LogP contribution < -0.4 is 0 Å². The van der Waals surface area contributed by atoms with E-state index in [1.807, 2.05) is 13.8 Å². The molecular formula is C11H14O3. The van der Waals surface area contributed by atoms with Crippen molar-refractivity contribution in [3.63, 3.8) is 0 Å². The maximum absolute atomic E-state index is 10.6. The lowest BCUT2D eigenvalue weighted by atomic mass is 9.95. The fourth-order valence-corrected chi connectivity index (χ4v) is 1.32. The third kappa shape index (κ3) is 1.87. The van der Waals surface area contributed by atoms with E-state index in [4.69, 9.17) is 0 Å². The van der Waals surface area contributed by atoms with Crippen LogP contribution in [0.4, 0.5) is 0 Å². The van der Waals surface area contributed by atoms with Gasteiger partial charge in [-0.05, 0) is 24.0 Å². The van der Waals surface area contributed by atoms with E-state index in [-0.39, 0.29) is 23.0 Å². The average Bonchev–Trinajstić information content (AvgIpc) is 2.17. The second kappa shape index (κ2) is 4.13. The fourth-order valence-electron chi connectivity index (χ4n) is 1.32. The Morgan fingerprint density at radius 1 is 1.36 bits per heavy atom. The van der Waals surface area contributed by atoms with Crippen molar-refractivity contribution in [3.8, 4) is 11.5 Å². The van der Waals surface area contributed by atoms with Crippen molar-refractivity contribution in [1.29, 1.82) is 0 Å². The number of hydrogen-bond donors (Lipinski definition) is 2. The summed E-state index contributed by atoms with van der Waals surface area (Å²) in [4.78, 5) is 10.6. The quantitative estimate of drug-likeness (QED) is 0.726. The molecule has 0 bridgehead atoms. The SMILES string of the molecule is CCC(C)c1cc(C=O)c(O)cc1O. The number of phenolic OH excluding ortho intramolecular Hbond substituents is 2. The van der Waals surface area contributed by atoms with E-state index in [2.05, 4.69) is 0 Å². The van der Waals surface area contributed by atoms with E-state index in [1.54, 1.807) is 0 Å². The summed E-state index contributed by atoms with van der Waals surface area (Å²) in [5.41, 5.74) is 0.922. The lowest BCUT2D eigenvalue weighted by Crippen LogP contribution is -1.94. The number of rotatable bonds is 3. The highest BCUT2D eigenvalue weighted by Gasteiger charge is 2.12. The van der Waals surface area contributed by atoms with Crippen LogP contribution >= 0.6 is 0 Å². The Balaban J connectivity index is 3.23. The largest absolute Gasteiger partial charge is 0.508 e. The first kappa shape index (κ1) is 10.6. The Kier molecular flexibility index (Phi) is 3.12. The van der Waals surface area contributed by atoms with E-state index in [0.29, 0.717) is 11.8 Å². The van der Waals surface area contributed by atoms with E-state index in [9.17, 15) is 15.0 Å². The Hall–Kier alpha value is -1.51. The summed E-state index contributed by atoms with van der Waals surface area (Å²) in [5, 5.41) is 18.8. The first-order valence-electron chi connectivity index (χ1n) is 4.61. The number of phenols is 2. The van der Waals surface area contributed by atoms with Crippen LogP contribution in [0.5, 0.6) is 11.5 Å². The summed E-state index contributed by atoms with van der Waals surface area (Å²) in [6.07, 6.45) is 1.46. The van der Waals surface area contributed by atoms with Crippen molar-refractivity contribution in [2.45, 2.75) is 26.2 Å². The van der Waals surface area contributed by atoms with E-state index < -0.39 is 0 Å². The molecule has 1 aromatic rings. The van der Waals surface area contributed by atoms with Crippen molar-refractivity contribution < 1.29 is 15.0 Å². The smallest absolute Gasteiger partial charge is 0.153 e. The molecule has 0 aliphatic rings. The molecule has 0 radical (unpaired) electrons. The Morgan fingerprint density at radius 3 is 2.50 bits per heavy atom. The molecule has 0 saturated carbocycles. The summed E-state index contributed by atoms with van der Waals surface area (Å²) in [7, 11) is 0. The zero-order valence-electron chi connectivity index (χ0n) is 8.32. The Bertz CT molecular complexity index is 345. The summed E-state index contributed by atoms with van der Waals surface area (Å²) < 4.78 is 0. The van der Waals surface area contributed by atoms with Gasteiger partial charge in [-0.25, -0.2) is 0 Å². The molecule has 0 aliphatic heterocycles. The number of hydrogen-bond acceptors (Lipinski definition) is 3. The molecule has 0 saturated heterocycles. The van der Waals surface area contributed by atoms with Crippen LogP contribution in [-0.4, -0.2) is 16.5 Å². The molecule has 1 rings (SSSR count). The maximum atomic E-state index is 10.6. The number of carbonyl (C=O) groups excluding carboxylic acids is 1. The molecule has 0 fully saturated rings. The van der Waals surface area contributed by atoms with Crippen molar-refractivity contribution in [2.75, 3.05) is 0 Å². The Labute approximate surface area is 83.0 Å². The van der Waals surface area contributed by atoms with E-state index in [1.165, 1.54) is 12.1 Å². The van der Waals surface area contributed by atoms with Crippen molar-refractivity contribution in [3.05, 3.63) is 23.3 Å². The van der Waals surface area contributed by atoms with Gasteiger partial charge in [-0.2, -0.15) is 0 Å². The van der Waals surface area contributed by atoms with Gasteiger partial charge >= 0.3 is 0 Å². The molecule has 1 aromatic carbocycles. The summed E-state index contributed by atoms with van der Waals surface area (Å²) in [6, 6.07) is 2.75. The molecule has 0 aromatic heterocycles.